The summed E-state index contributed by atoms with van der Waals surface area (Å²) in [4.78, 5) is 16.7. The van der Waals surface area contributed by atoms with Crippen molar-refractivity contribution < 1.29 is 22.7 Å². The van der Waals surface area contributed by atoms with Crippen molar-refractivity contribution in [1.29, 1.82) is 0 Å². The first kappa shape index (κ1) is 18.0. The molecule has 0 spiro atoms. The van der Waals surface area contributed by atoms with E-state index in [1.807, 2.05) is 24.1 Å². The van der Waals surface area contributed by atoms with Gasteiger partial charge in [0.15, 0.2) is 0 Å². The molecule has 0 radical (unpaired) electrons. The maximum atomic E-state index is 13.3. The highest BCUT2D eigenvalue weighted by Crippen LogP contribution is 2.41. The molecule has 1 aliphatic heterocycles. The highest BCUT2D eigenvalue weighted by Gasteiger charge is 2.38. The molecule has 28 heavy (non-hydrogen) atoms. The van der Waals surface area contributed by atoms with Gasteiger partial charge in [-0.2, -0.15) is 8.78 Å². The van der Waals surface area contributed by atoms with E-state index in [-0.39, 0.29) is 18.2 Å². The molecule has 0 bridgehead atoms. The number of rotatable bonds is 5. The summed E-state index contributed by atoms with van der Waals surface area (Å²) in [6.07, 6.45) is 0.895. The summed E-state index contributed by atoms with van der Waals surface area (Å²) in [5.41, 5.74) is 1.74. The number of ether oxygens (including phenoxy) is 1. The summed E-state index contributed by atoms with van der Waals surface area (Å²) < 4.78 is 36.1. The van der Waals surface area contributed by atoms with Gasteiger partial charge in [-0.15, -0.1) is 0 Å². The predicted molar refractivity (Wildman–Crippen MR) is 99.2 cm³/mol. The second-order valence-corrected chi connectivity index (χ2v) is 6.43. The molecule has 1 atom stereocenters. The smallest absolute Gasteiger partial charge is 0.387 e. The molecule has 7 heteroatoms. The minimum absolute atomic E-state index is 0.0333. The highest BCUT2D eigenvalue weighted by molar-refractivity contribution is 6.02. The lowest BCUT2D eigenvalue weighted by molar-refractivity contribution is -0.0511. The molecule has 2 aromatic carbocycles. The van der Waals surface area contributed by atoms with Crippen LogP contribution >= 0.6 is 0 Å². The number of furan rings is 1. The van der Waals surface area contributed by atoms with E-state index in [9.17, 15) is 13.6 Å². The number of halogens is 2. The van der Waals surface area contributed by atoms with Crippen LogP contribution in [0.2, 0.25) is 0 Å². The standard InChI is InChI=1S/C21H18F2N2O3/c1-24-17-10-4-2-8-15(17)20(26)25(13-14-7-6-12-27-14)19(24)16-9-3-5-11-18(16)28-21(22)23/h2-12,19,21H,13H2,1H3/t19-/m1/s1. The van der Waals surface area contributed by atoms with Crippen molar-refractivity contribution in [2.24, 2.45) is 0 Å². The minimum Gasteiger partial charge on any atom is -0.467 e. The van der Waals surface area contributed by atoms with Gasteiger partial charge in [0.25, 0.3) is 5.91 Å². The van der Waals surface area contributed by atoms with Crippen LogP contribution in [0.1, 0.15) is 27.8 Å². The predicted octanol–water partition coefficient (Wildman–Crippen LogP) is 4.67. The molecule has 4 rings (SSSR count). The van der Waals surface area contributed by atoms with E-state index in [4.69, 9.17) is 9.15 Å². The van der Waals surface area contributed by atoms with E-state index in [0.717, 1.165) is 5.69 Å². The molecule has 0 saturated heterocycles. The largest absolute Gasteiger partial charge is 0.467 e. The maximum Gasteiger partial charge on any atom is 0.387 e. The molecule has 0 saturated carbocycles. The minimum atomic E-state index is -2.96. The van der Waals surface area contributed by atoms with Crippen LogP contribution in [-0.2, 0) is 6.54 Å². The van der Waals surface area contributed by atoms with Crippen molar-refractivity contribution >= 4 is 11.6 Å². The first-order chi connectivity index (χ1) is 13.6. The second-order valence-electron chi connectivity index (χ2n) is 6.43. The molecular formula is C21H18F2N2O3. The normalized spacial score (nSPS) is 16.4. The van der Waals surface area contributed by atoms with Gasteiger partial charge < -0.3 is 19.0 Å². The van der Waals surface area contributed by atoms with Gasteiger partial charge in [-0.3, -0.25) is 4.79 Å². The fraction of sp³-hybridized carbons (Fsp3) is 0.190. The van der Waals surface area contributed by atoms with E-state index < -0.39 is 12.8 Å². The third-order valence-electron chi connectivity index (χ3n) is 4.76. The van der Waals surface area contributed by atoms with Crippen LogP contribution in [0.4, 0.5) is 14.5 Å². The van der Waals surface area contributed by atoms with Gasteiger partial charge in [-0.1, -0.05) is 30.3 Å². The zero-order valence-corrected chi connectivity index (χ0v) is 15.1. The van der Waals surface area contributed by atoms with Gasteiger partial charge in [0.1, 0.15) is 17.7 Å². The molecule has 1 aromatic heterocycles. The quantitative estimate of drug-likeness (QED) is 0.641. The van der Waals surface area contributed by atoms with Gasteiger partial charge >= 0.3 is 6.61 Å². The number of fused-ring (bicyclic) bond motifs is 1. The summed E-state index contributed by atoms with van der Waals surface area (Å²) >= 11 is 0. The number of para-hydroxylation sites is 2. The molecule has 5 nitrogen and oxygen atoms in total. The van der Waals surface area contributed by atoms with Crippen molar-refractivity contribution in [2.45, 2.75) is 19.3 Å². The van der Waals surface area contributed by atoms with Crippen LogP contribution in [0.15, 0.2) is 71.3 Å². The first-order valence-corrected chi connectivity index (χ1v) is 8.75. The topological polar surface area (TPSA) is 45.9 Å². The number of carbonyl (C=O) groups excluding carboxylic acids is 1. The molecule has 0 fully saturated rings. The fourth-order valence-corrected chi connectivity index (χ4v) is 3.57. The third kappa shape index (κ3) is 3.19. The zero-order chi connectivity index (χ0) is 19.7. The Hall–Kier alpha value is -3.35. The molecule has 144 valence electrons. The van der Waals surface area contributed by atoms with Crippen LogP contribution in [0.25, 0.3) is 0 Å². The average molecular weight is 384 g/mol. The van der Waals surface area contributed by atoms with Gasteiger partial charge in [0, 0.05) is 12.6 Å². The number of hydrogen-bond donors (Lipinski definition) is 0. The van der Waals surface area contributed by atoms with E-state index >= 15 is 0 Å². The molecular weight excluding hydrogens is 366 g/mol. The second kappa shape index (κ2) is 7.34. The van der Waals surface area contributed by atoms with Crippen LogP contribution in [0.3, 0.4) is 0 Å². The summed E-state index contributed by atoms with van der Waals surface area (Å²) in [5, 5.41) is 0. The van der Waals surface area contributed by atoms with Crippen molar-refractivity contribution in [3.05, 3.63) is 83.8 Å². The molecule has 0 unspecified atom stereocenters. The van der Waals surface area contributed by atoms with Crippen molar-refractivity contribution in [3.63, 3.8) is 0 Å². The summed E-state index contributed by atoms with van der Waals surface area (Å²) in [6.45, 7) is -2.77. The number of hydrogen-bond acceptors (Lipinski definition) is 4. The van der Waals surface area contributed by atoms with Crippen molar-refractivity contribution in [2.75, 3.05) is 11.9 Å². The Morgan fingerprint density at radius 3 is 2.57 bits per heavy atom. The van der Waals surface area contributed by atoms with E-state index in [1.165, 1.54) is 12.3 Å². The van der Waals surface area contributed by atoms with Crippen molar-refractivity contribution in [1.82, 2.24) is 4.90 Å². The van der Waals surface area contributed by atoms with E-state index in [2.05, 4.69) is 0 Å². The third-order valence-corrected chi connectivity index (χ3v) is 4.76. The van der Waals surface area contributed by atoms with Gasteiger partial charge in [-0.05, 0) is 30.3 Å². The van der Waals surface area contributed by atoms with Gasteiger partial charge in [0.2, 0.25) is 0 Å². The number of anilines is 1. The first-order valence-electron chi connectivity index (χ1n) is 8.75. The fourth-order valence-electron chi connectivity index (χ4n) is 3.57. The number of alkyl halides is 2. The molecule has 2 heterocycles. The molecule has 0 N–H and O–H groups in total. The number of nitrogens with zero attached hydrogens (tertiary/aromatic N) is 2. The lowest BCUT2D eigenvalue weighted by atomic mass is 10.0. The number of benzene rings is 2. The number of carbonyl (C=O) groups is 1. The monoisotopic (exact) mass is 384 g/mol. The van der Waals surface area contributed by atoms with Crippen LogP contribution in [0.5, 0.6) is 5.75 Å². The molecule has 0 aliphatic carbocycles. The lowest BCUT2D eigenvalue weighted by Gasteiger charge is -2.44. The maximum absolute atomic E-state index is 13.3. The van der Waals surface area contributed by atoms with Crippen molar-refractivity contribution in [3.8, 4) is 5.75 Å². The summed E-state index contributed by atoms with van der Waals surface area (Å²) in [6, 6.07) is 17.3. The Kier molecular flexibility index (Phi) is 4.73. The average Bonchev–Trinajstić information content (AvgIpc) is 3.20. The Bertz CT molecular complexity index is 975. The zero-order valence-electron chi connectivity index (χ0n) is 15.1. The van der Waals surface area contributed by atoms with E-state index in [0.29, 0.717) is 16.9 Å². The Morgan fingerprint density at radius 2 is 1.82 bits per heavy atom. The summed E-state index contributed by atoms with van der Waals surface area (Å²) in [7, 11) is 1.82. The van der Waals surface area contributed by atoms with Crippen LogP contribution in [0, 0.1) is 0 Å². The Balaban J connectivity index is 1.84. The van der Waals surface area contributed by atoms with Crippen LogP contribution < -0.4 is 9.64 Å². The molecule has 3 aromatic rings. The molecule has 1 amide bonds. The Labute approximate surface area is 160 Å². The SMILES string of the molecule is CN1c2ccccc2C(=O)N(Cc2ccco2)[C@@H]1c1ccccc1OC(F)F. The number of amides is 1. The van der Waals surface area contributed by atoms with Gasteiger partial charge in [0.05, 0.1) is 24.1 Å². The molecule has 1 aliphatic rings. The lowest BCUT2D eigenvalue weighted by Crippen LogP contribution is -2.47. The van der Waals surface area contributed by atoms with E-state index in [1.54, 1.807) is 47.4 Å². The summed E-state index contributed by atoms with van der Waals surface area (Å²) in [5.74, 6) is 0.423. The van der Waals surface area contributed by atoms with Gasteiger partial charge in [-0.25, -0.2) is 0 Å². The highest BCUT2D eigenvalue weighted by atomic mass is 19.3. The Morgan fingerprint density at radius 1 is 1.07 bits per heavy atom. The van der Waals surface area contributed by atoms with Crippen LogP contribution in [-0.4, -0.2) is 24.5 Å².